The standard InChI is InChI=1S/C21H26N2O5S/c1-14-6-8-16(9-7-14)19(24)22-17-10-12-18(13-11-17)29(26,27)23-15(2)20(25)28-21(3,4)5/h6-13,15,23H,1-5H3,(H,22,24). The second kappa shape index (κ2) is 8.75. The lowest BCUT2D eigenvalue weighted by atomic mass is 10.1. The average Bonchev–Trinajstić information content (AvgIpc) is 2.61. The van der Waals surface area contributed by atoms with E-state index in [0.717, 1.165) is 5.56 Å². The number of amides is 1. The predicted molar refractivity (Wildman–Crippen MR) is 111 cm³/mol. The van der Waals surface area contributed by atoms with Gasteiger partial charge in [-0.05, 0) is 71.0 Å². The maximum absolute atomic E-state index is 12.5. The van der Waals surface area contributed by atoms with E-state index in [0.29, 0.717) is 11.3 Å². The molecule has 156 valence electrons. The van der Waals surface area contributed by atoms with Gasteiger partial charge in [-0.3, -0.25) is 9.59 Å². The monoisotopic (exact) mass is 418 g/mol. The van der Waals surface area contributed by atoms with Gasteiger partial charge in [0.05, 0.1) is 4.90 Å². The number of anilines is 1. The fourth-order valence-electron chi connectivity index (χ4n) is 2.36. The van der Waals surface area contributed by atoms with Gasteiger partial charge in [-0.15, -0.1) is 0 Å². The Morgan fingerprint density at radius 3 is 2.03 bits per heavy atom. The fraction of sp³-hybridized carbons (Fsp3) is 0.333. The molecule has 0 heterocycles. The fourth-order valence-corrected chi connectivity index (χ4v) is 3.56. The number of hydrogen-bond donors (Lipinski definition) is 2. The Bertz CT molecular complexity index is 975. The molecule has 8 heteroatoms. The number of rotatable bonds is 6. The minimum absolute atomic E-state index is 0.0266. The maximum atomic E-state index is 12.5. The van der Waals surface area contributed by atoms with Crippen LogP contribution in [0.25, 0.3) is 0 Å². The van der Waals surface area contributed by atoms with E-state index in [1.807, 2.05) is 19.1 Å². The first-order chi connectivity index (χ1) is 13.4. The maximum Gasteiger partial charge on any atom is 0.324 e. The third kappa shape index (κ3) is 6.69. The smallest absolute Gasteiger partial charge is 0.324 e. The van der Waals surface area contributed by atoms with E-state index in [2.05, 4.69) is 10.0 Å². The molecule has 1 atom stereocenters. The molecule has 0 bridgehead atoms. The summed E-state index contributed by atoms with van der Waals surface area (Å²) in [5, 5.41) is 2.71. The van der Waals surface area contributed by atoms with Crippen LogP contribution in [0.4, 0.5) is 5.69 Å². The number of sulfonamides is 1. The molecule has 2 rings (SSSR count). The lowest BCUT2D eigenvalue weighted by Crippen LogP contribution is -2.42. The molecule has 0 saturated heterocycles. The summed E-state index contributed by atoms with van der Waals surface area (Å²) < 4.78 is 32.5. The zero-order valence-electron chi connectivity index (χ0n) is 17.1. The highest BCUT2D eigenvalue weighted by atomic mass is 32.2. The molecule has 1 amide bonds. The van der Waals surface area contributed by atoms with Crippen molar-refractivity contribution in [3.8, 4) is 0 Å². The molecule has 0 aromatic heterocycles. The van der Waals surface area contributed by atoms with Crippen LogP contribution in [-0.2, 0) is 19.6 Å². The summed E-state index contributed by atoms with van der Waals surface area (Å²) in [6.45, 7) is 8.46. The highest BCUT2D eigenvalue weighted by Gasteiger charge is 2.26. The largest absolute Gasteiger partial charge is 0.459 e. The average molecular weight is 419 g/mol. The number of benzene rings is 2. The Labute approximate surface area is 171 Å². The molecule has 7 nitrogen and oxygen atoms in total. The first-order valence-electron chi connectivity index (χ1n) is 9.11. The first kappa shape index (κ1) is 22.6. The van der Waals surface area contributed by atoms with Crippen LogP contribution >= 0.6 is 0 Å². The molecule has 0 aliphatic carbocycles. The molecule has 0 spiro atoms. The molecular formula is C21H26N2O5S. The van der Waals surface area contributed by atoms with Crippen molar-refractivity contribution in [2.75, 3.05) is 5.32 Å². The SMILES string of the molecule is Cc1ccc(C(=O)Nc2ccc(S(=O)(=O)NC(C)C(=O)OC(C)(C)C)cc2)cc1. The van der Waals surface area contributed by atoms with Gasteiger partial charge >= 0.3 is 5.97 Å². The summed E-state index contributed by atoms with van der Waals surface area (Å²) in [4.78, 5) is 24.2. The molecule has 0 saturated carbocycles. The zero-order chi connectivity index (χ0) is 21.8. The highest BCUT2D eigenvalue weighted by molar-refractivity contribution is 7.89. The van der Waals surface area contributed by atoms with Gasteiger partial charge in [0.1, 0.15) is 11.6 Å². The van der Waals surface area contributed by atoms with Crippen molar-refractivity contribution in [3.63, 3.8) is 0 Å². The van der Waals surface area contributed by atoms with E-state index in [1.165, 1.54) is 31.2 Å². The lowest BCUT2D eigenvalue weighted by molar-refractivity contribution is -0.156. The van der Waals surface area contributed by atoms with Crippen molar-refractivity contribution < 1.29 is 22.7 Å². The lowest BCUT2D eigenvalue weighted by Gasteiger charge is -2.22. The summed E-state index contributed by atoms with van der Waals surface area (Å²) >= 11 is 0. The van der Waals surface area contributed by atoms with Crippen LogP contribution in [0.1, 0.15) is 43.6 Å². The van der Waals surface area contributed by atoms with Crippen molar-refractivity contribution in [2.45, 2.75) is 51.2 Å². The van der Waals surface area contributed by atoms with E-state index in [4.69, 9.17) is 4.74 Å². The van der Waals surface area contributed by atoms with Gasteiger partial charge in [-0.25, -0.2) is 8.42 Å². The summed E-state index contributed by atoms with van der Waals surface area (Å²) in [6, 6.07) is 11.7. The highest BCUT2D eigenvalue weighted by Crippen LogP contribution is 2.16. The van der Waals surface area contributed by atoms with Gasteiger partial charge in [-0.2, -0.15) is 4.72 Å². The van der Waals surface area contributed by atoms with Gasteiger partial charge < -0.3 is 10.1 Å². The molecule has 2 aromatic carbocycles. The predicted octanol–water partition coefficient (Wildman–Crippen LogP) is 3.26. The van der Waals surface area contributed by atoms with Crippen LogP contribution in [0.2, 0.25) is 0 Å². The van der Waals surface area contributed by atoms with Crippen LogP contribution in [0, 0.1) is 6.92 Å². The molecule has 29 heavy (non-hydrogen) atoms. The summed E-state index contributed by atoms with van der Waals surface area (Å²) in [7, 11) is -3.93. The third-order valence-corrected chi connectivity index (χ3v) is 5.39. The van der Waals surface area contributed by atoms with Gasteiger partial charge in [-0.1, -0.05) is 17.7 Å². The van der Waals surface area contributed by atoms with Crippen LogP contribution in [-0.4, -0.2) is 31.9 Å². The van der Waals surface area contributed by atoms with Crippen LogP contribution in [0.15, 0.2) is 53.4 Å². The van der Waals surface area contributed by atoms with E-state index < -0.39 is 27.6 Å². The summed E-state index contributed by atoms with van der Waals surface area (Å²) in [5.74, 6) is -0.958. The molecule has 2 N–H and O–H groups in total. The van der Waals surface area contributed by atoms with Crippen molar-refractivity contribution in [1.29, 1.82) is 0 Å². The number of aryl methyl sites for hydroxylation is 1. The third-order valence-electron chi connectivity index (χ3n) is 3.83. The Balaban J connectivity index is 2.05. The van der Waals surface area contributed by atoms with Crippen molar-refractivity contribution in [1.82, 2.24) is 4.72 Å². The number of esters is 1. The number of carbonyl (C=O) groups excluding carboxylic acids is 2. The normalized spacial score (nSPS) is 12.9. The Morgan fingerprint density at radius 2 is 1.52 bits per heavy atom. The number of hydrogen-bond acceptors (Lipinski definition) is 5. The van der Waals surface area contributed by atoms with Crippen LogP contribution in [0.3, 0.4) is 0 Å². The quantitative estimate of drug-likeness (QED) is 0.701. The van der Waals surface area contributed by atoms with Gasteiger partial charge in [0.2, 0.25) is 10.0 Å². The number of ether oxygens (including phenoxy) is 1. The van der Waals surface area contributed by atoms with Gasteiger partial charge in [0.25, 0.3) is 5.91 Å². The Hall–Kier alpha value is -2.71. The molecule has 0 radical (unpaired) electrons. The molecule has 1 unspecified atom stereocenters. The topological polar surface area (TPSA) is 102 Å². The molecular weight excluding hydrogens is 392 g/mol. The number of carbonyl (C=O) groups is 2. The second-order valence-corrected chi connectivity index (χ2v) is 9.43. The molecule has 0 aliphatic rings. The summed E-state index contributed by atoms with van der Waals surface area (Å²) in [6.07, 6.45) is 0. The zero-order valence-corrected chi connectivity index (χ0v) is 18.0. The Morgan fingerprint density at radius 1 is 0.966 bits per heavy atom. The van der Waals surface area contributed by atoms with Crippen molar-refractivity contribution in [2.24, 2.45) is 0 Å². The molecule has 0 aliphatic heterocycles. The van der Waals surface area contributed by atoms with Gasteiger partial charge in [0, 0.05) is 11.3 Å². The summed E-state index contributed by atoms with van der Waals surface area (Å²) in [5.41, 5.74) is 1.28. The van der Waals surface area contributed by atoms with E-state index >= 15 is 0 Å². The van der Waals surface area contributed by atoms with Crippen LogP contribution < -0.4 is 10.0 Å². The molecule has 0 fully saturated rings. The second-order valence-electron chi connectivity index (χ2n) is 7.72. The van der Waals surface area contributed by atoms with Crippen molar-refractivity contribution in [3.05, 3.63) is 59.7 Å². The van der Waals surface area contributed by atoms with Gasteiger partial charge in [0.15, 0.2) is 0 Å². The van der Waals surface area contributed by atoms with E-state index in [9.17, 15) is 18.0 Å². The minimum atomic E-state index is -3.93. The van der Waals surface area contributed by atoms with E-state index in [-0.39, 0.29) is 10.8 Å². The minimum Gasteiger partial charge on any atom is -0.459 e. The number of nitrogens with one attached hydrogen (secondary N) is 2. The van der Waals surface area contributed by atoms with E-state index in [1.54, 1.807) is 32.9 Å². The van der Waals surface area contributed by atoms with Crippen LogP contribution in [0.5, 0.6) is 0 Å². The molecule has 2 aromatic rings. The Kier molecular flexibility index (Phi) is 6.81. The first-order valence-corrected chi connectivity index (χ1v) is 10.6. The van der Waals surface area contributed by atoms with Crippen molar-refractivity contribution >= 4 is 27.6 Å².